The summed E-state index contributed by atoms with van der Waals surface area (Å²) in [6, 6.07) is 22.1. The molecule has 0 heterocycles. The Morgan fingerprint density at radius 3 is 1.23 bits per heavy atom. The van der Waals surface area contributed by atoms with Crippen LogP contribution in [0.25, 0.3) is 0 Å². The fraction of sp³-hybridized carbons (Fsp3) is 0.263. The van der Waals surface area contributed by atoms with Crippen molar-refractivity contribution in [2.24, 2.45) is 0 Å². The average Bonchev–Trinajstić information content (AvgIpc) is 3.27. The summed E-state index contributed by atoms with van der Waals surface area (Å²) in [5.74, 6) is 0.649. The lowest BCUT2D eigenvalue weighted by Gasteiger charge is -2.49. The van der Waals surface area contributed by atoms with E-state index in [0.717, 1.165) is 0 Å². The maximum Gasteiger partial charge on any atom is 0.0551 e. The van der Waals surface area contributed by atoms with Crippen molar-refractivity contribution in [3.05, 3.63) is 166 Å². The van der Waals surface area contributed by atoms with Crippen LogP contribution < -0.4 is 0 Å². The molecule has 0 aliphatic heterocycles. The van der Waals surface area contributed by atoms with Gasteiger partial charge >= 0.3 is 0 Å². The summed E-state index contributed by atoms with van der Waals surface area (Å²) in [4.78, 5) is 0. The van der Waals surface area contributed by atoms with E-state index in [2.05, 4.69) is 161 Å². The Hall–Kier alpha value is -3.21. The molecular weight excluding hydrogens is 513 g/mol. The maximum absolute atomic E-state index is 2.72. The van der Waals surface area contributed by atoms with E-state index in [1.165, 1.54) is 22.3 Å². The van der Waals surface area contributed by atoms with Crippen LogP contribution in [0.4, 0.5) is 0 Å². The first kappa shape index (κ1) is 27.0. The number of hydrogen-bond acceptors (Lipinski definition) is 0. The molecule has 4 aliphatic carbocycles. The summed E-state index contributed by atoms with van der Waals surface area (Å²) >= 11 is 0. The summed E-state index contributed by atoms with van der Waals surface area (Å²) in [6.07, 6.45) is 23.9. The smallest absolute Gasteiger partial charge is 0.0551 e. The van der Waals surface area contributed by atoms with E-state index in [-0.39, 0.29) is 0 Å². The standard InChI is InChI=1S/C38H42Si2/c1-27-25-35-31(29-17-9-7-10-18-29)21-13-15-23-33(35)37(27)39(3,4)40(5,6)38-28(2)26-36-32(22-14-16-24-34(36)38)30-19-11-8-12-20-30/h7-26,31-32,37-38H,1-6H3. The van der Waals surface area contributed by atoms with Gasteiger partial charge in [-0.2, -0.15) is 0 Å². The highest BCUT2D eigenvalue weighted by Crippen LogP contribution is 2.57. The van der Waals surface area contributed by atoms with Crippen molar-refractivity contribution in [2.75, 3.05) is 0 Å². The predicted molar refractivity (Wildman–Crippen MR) is 179 cm³/mol. The molecule has 2 heteroatoms. The van der Waals surface area contributed by atoms with E-state index in [0.29, 0.717) is 22.9 Å². The number of hydrogen-bond donors (Lipinski definition) is 0. The van der Waals surface area contributed by atoms with E-state index < -0.39 is 15.2 Å². The number of rotatable bonds is 5. The molecule has 202 valence electrons. The summed E-state index contributed by atoms with van der Waals surface area (Å²) in [5.41, 5.74) is 13.3. The van der Waals surface area contributed by atoms with Crippen molar-refractivity contribution in [1.29, 1.82) is 0 Å². The Balaban J connectivity index is 1.42. The lowest BCUT2D eigenvalue weighted by Crippen LogP contribution is -2.61. The largest absolute Gasteiger partial charge is 0.0726 e. The number of benzene rings is 2. The lowest BCUT2D eigenvalue weighted by atomic mass is 9.90. The van der Waals surface area contributed by atoms with Gasteiger partial charge in [0.25, 0.3) is 0 Å². The summed E-state index contributed by atoms with van der Waals surface area (Å²) in [6.45, 7) is 15.7. The highest BCUT2D eigenvalue weighted by atomic mass is 29.3. The minimum atomic E-state index is -1.82. The second kappa shape index (κ2) is 10.3. The number of allylic oxidation sites excluding steroid dienone is 16. The first-order valence-electron chi connectivity index (χ1n) is 14.9. The zero-order valence-electron chi connectivity index (χ0n) is 24.9. The van der Waals surface area contributed by atoms with Crippen LogP contribution >= 0.6 is 0 Å². The van der Waals surface area contributed by atoms with Crippen LogP contribution in [0.1, 0.15) is 36.8 Å². The normalized spacial score (nSPS) is 25.9. The second-order valence-electron chi connectivity index (χ2n) is 13.2. The predicted octanol–water partition coefficient (Wildman–Crippen LogP) is 10.6. The van der Waals surface area contributed by atoms with E-state index in [9.17, 15) is 0 Å². The van der Waals surface area contributed by atoms with Crippen LogP contribution in [0.15, 0.2) is 155 Å². The molecule has 4 unspecified atom stereocenters. The molecule has 0 fully saturated rings. The first-order chi connectivity index (χ1) is 19.2. The quantitative estimate of drug-likeness (QED) is 0.322. The van der Waals surface area contributed by atoms with Crippen molar-refractivity contribution in [3.8, 4) is 0 Å². The van der Waals surface area contributed by atoms with Gasteiger partial charge in [-0.05, 0) is 58.3 Å². The van der Waals surface area contributed by atoms with Crippen LogP contribution in [0, 0.1) is 0 Å². The van der Waals surface area contributed by atoms with Crippen LogP contribution in [-0.2, 0) is 0 Å². The fourth-order valence-electron chi connectivity index (χ4n) is 8.01. The Morgan fingerprint density at radius 2 is 0.850 bits per heavy atom. The van der Waals surface area contributed by atoms with Crippen LogP contribution in [-0.4, -0.2) is 15.2 Å². The molecule has 0 saturated heterocycles. The van der Waals surface area contributed by atoms with Gasteiger partial charge in [-0.3, -0.25) is 0 Å². The van der Waals surface area contributed by atoms with Gasteiger partial charge in [0.15, 0.2) is 0 Å². The van der Waals surface area contributed by atoms with Crippen molar-refractivity contribution < 1.29 is 0 Å². The molecule has 0 saturated carbocycles. The molecule has 40 heavy (non-hydrogen) atoms. The van der Waals surface area contributed by atoms with Gasteiger partial charge in [0.1, 0.15) is 0 Å². The maximum atomic E-state index is 2.72. The van der Waals surface area contributed by atoms with Gasteiger partial charge in [0.05, 0.1) is 15.2 Å². The molecule has 2 aromatic carbocycles. The SMILES string of the molecule is CC1=CC2=C(C=CC=CC2c2ccccc2)C1[Si](C)(C)[Si](C)(C)C1C(C)=CC2=C1C=CC=CC2c1ccccc1. The van der Waals surface area contributed by atoms with Gasteiger partial charge in [-0.25, -0.2) is 0 Å². The van der Waals surface area contributed by atoms with Gasteiger partial charge in [-0.1, -0.05) is 159 Å². The highest BCUT2D eigenvalue weighted by Gasteiger charge is 2.55. The molecule has 0 N–H and O–H groups in total. The fourth-order valence-corrected chi connectivity index (χ4v) is 20.8. The molecule has 0 amide bonds. The highest BCUT2D eigenvalue weighted by molar-refractivity contribution is 7.42. The van der Waals surface area contributed by atoms with Crippen LogP contribution in [0.2, 0.25) is 37.3 Å². The van der Waals surface area contributed by atoms with Crippen molar-refractivity contribution in [1.82, 2.24) is 0 Å². The van der Waals surface area contributed by atoms with Crippen molar-refractivity contribution >= 4 is 15.2 Å². The zero-order valence-corrected chi connectivity index (χ0v) is 26.9. The molecule has 0 radical (unpaired) electrons. The Labute approximate surface area is 243 Å². The average molecular weight is 555 g/mol. The topological polar surface area (TPSA) is 0 Å². The monoisotopic (exact) mass is 554 g/mol. The molecule has 0 nitrogen and oxygen atoms in total. The molecule has 0 bridgehead atoms. The van der Waals surface area contributed by atoms with Crippen LogP contribution in [0.3, 0.4) is 0 Å². The summed E-state index contributed by atoms with van der Waals surface area (Å²) in [5, 5.41) is 0. The van der Waals surface area contributed by atoms with E-state index in [4.69, 9.17) is 0 Å². The molecule has 4 atom stereocenters. The lowest BCUT2D eigenvalue weighted by molar-refractivity contribution is 1.01. The third-order valence-corrected chi connectivity index (χ3v) is 29.9. The van der Waals surface area contributed by atoms with E-state index in [1.54, 1.807) is 22.3 Å². The molecule has 6 rings (SSSR count). The minimum Gasteiger partial charge on any atom is -0.0726 e. The molecular formula is C38H42Si2. The van der Waals surface area contributed by atoms with Crippen molar-refractivity contribution in [2.45, 2.75) is 63.0 Å². The molecule has 4 aliphatic rings. The van der Waals surface area contributed by atoms with Gasteiger partial charge in [0.2, 0.25) is 0 Å². The van der Waals surface area contributed by atoms with Gasteiger partial charge < -0.3 is 0 Å². The molecule has 2 aromatic rings. The van der Waals surface area contributed by atoms with Gasteiger partial charge in [0, 0.05) is 11.8 Å². The van der Waals surface area contributed by atoms with E-state index >= 15 is 0 Å². The Morgan fingerprint density at radius 1 is 0.475 bits per heavy atom. The molecule has 0 spiro atoms. The van der Waals surface area contributed by atoms with Crippen LogP contribution in [0.5, 0.6) is 0 Å². The van der Waals surface area contributed by atoms with Crippen molar-refractivity contribution in [3.63, 3.8) is 0 Å². The molecule has 0 aromatic heterocycles. The first-order valence-corrected chi connectivity index (χ1v) is 22.0. The summed E-state index contributed by atoms with van der Waals surface area (Å²) in [7, 11) is -3.64. The minimum absolute atomic E-state index is 0.325. The second-order valence-corrected chi connectivity index (χ2v) is 28.9. The zero-order chi connectivity index (χ0) is 28.1. The van der Waals surface area contributed by atoms with Gasteiger partial charge in [-0.15, -0.1) is 0 Å². The third kappa shape index (κ3) is 4.33. The Bertz CT molecular complexity index is 1430. The Kier molecular flexibility index (Phi) is 6.96. The third-order valence-electron chi connectivity index (χ3n) is 10.4. The van der Waals surface area contributed by atoms with E-state index in [1.807, 2.05) is 0 Å². The summed E-state index contributed by atoms with van der Waals surface area (Å²) < 4.78 is 0.